The quantitative estimate of drug-likeness (QED) is 0.731. The zero-order chi connectivity index (χ0) is 20.4. The van der Waals surface area contributed by atoms with Crippen LogP contribution in [0.4, 0.5) is 11.4 Å². The van der Waals surface area contributed by atoms with Gasteiger partial charge in [0.1, 0.15) is 6.04 Å². The highest BCUT2D eigenvalue weighted by atomic mass is 35.5. The van der Waals surface area contributed by atoms with Gasteiger partial charge in [-0.05, 0) is 29.8 Å². The predicted molar refractivity (Wildman–Crippen MR) is 111 cm³/mol. The molecule has 0 aliphatic carbocycles. The maximum atomic E-state index is 12.6. The highest BCUT2D eigenvalue weighted by Crippen LogP contribution is 2.44. The van der Waals surface area contributed by atoms with Gasteiger partial charge in [-0.3, -0.25) is 4.79 Å². The van der Waals surface area contributed by atoms with E-state index < -0.39 is 18.1 Å². The van der Waals surface area contributed by atoms with E-state index in [0.29, 0.717) is 39.9 Å². The third-order valence-corrected chi connectivity index (χ3v) is 5.33. The lowest BCUT2D eigenvalue weighted by molar-refractivity contribution is -0.142. The van der Waals surface area contributed by atoms with Gasteiger partial charge >= 0.3 is 5.97 Å². The van der Waals surface area contributed by atoms with Crippen LogP contribution in [-0.2, 0) is 20.9 Å². The number of anilines is 2. The number of hydrogen-bond acceptors (Lipinski definition) is 5. The molecule has 0 spiro atoms. The minimum Gasteiger partial charge on any atom is -0.467 e. The van der Waals surface area contributed by atoms with Crippen LogP contribution in [0.5, 0.6) is 0 Å². The topological polar surface area (TPSA) is 84.7 Å². The molecule has 1 heterocycles. The molecule has 0 saturated heterocycles. The Balaban J connectivity index is 2.12. The molecule has 0 bridgehead atoms. The summed E-state index contributed by atoms with van der Waals surface area (Å²) < 4.78 is 4.90. The first kappa shape index (κ1) is 20.5. The summed E-state index contributed by atoms with van der Waals surface area (Å²) in [6, 6.07) is 9.63. The number of benzene rings is 2. The van der Waals surface area contributed by atoms with E-state index in [2.05, 4.69) is 5.32 Å². The van der Waals surface area contributed by atoms with Crippen molar-refractivity contribution in [3.63, 3.8) is 0 Å². The first-order valence-electron chi connectivity index (χ1n) is 8.77. The smallest absolute Gasteiger partial charge is 0.328 e. The average molecular weight is 422 g/mol. The van der Waals surface area contributed by atoms with Crippen molar-refractivity contribution in [2.75, 3.05) is 17.3 Å². The standard InChI is InChI=1S/C20H21Cl2N3O3/c1-11(26)25(14-5-3-12(10-23)4-6-14)18-9-17(20(27)28-2)24-16-8-13(21)7-15(22)19(16)18/h3-8,17-18,24H,9-10,23H2,1-2H3/t17-,18+/m0/s1. The minimum atomic E-state index is -0.637. The number of fused-ring (bicyclic) bond motifs is 1. The molecular weight excluding hydrogens is 401 g/mol. The van der Waals surface area contributed by atoms with E-state index in [1.807, 2.05) is 24.3 Å². The Kier molecular flexibility index (Phi) is 6.13. The molecule has 2 atom stereocenters. The van der Waals surface area contributed by atoms with Crippen LogP contribution in [0.25, 0.3) is 0 Å². The summed E-state index contributed by atoms with van der Waals surface area (Å²) in [5.74, 6) is -0.596. The molecule has 6 nitrogen and oxygen atoms in total. The van der Waals surface area contributed by atoms with Crippen LogP contribution >= 0.6 is 23.2 Å². The van der Waals surface area contributed by atoms with Gasteiger partial charge in [0.2, 0.25) is 5.91 Å². The third kappa shape index (κ3) is 3.94. The van der Waals surface area contributed by atoms with E-state index in [1.165, 1.54) is 14.0 Å². The van der Waals surface area contributed by atoms with Gasteiger partial charge in [0.05, 0.1) is 13.2 Å². The second-order valence-electron chi connectivity index (χ2n) is 6.58. The normalized spacial score (nSPS) is 18.0. The number of amides is 1. The summed E-state index contributed by atoms with van der Waals surface area (Å²) in [7, 11) is 1.33. The molecule has 3 rings (SSSR count). The van der Waals surface area contributed by atoms with Gasteiger partial charge in [0.15, 0.2) is 0 Å². The molecule has 1 aliphatic rings. The number of rotatable bonds is 4. The number of esters is 1. The Morgan fingerprint density at radius 2 is 1.93 bits per heavy atom. The number of carbonyl (C=O) groups excluding carboxylic acids is 2. The molecule has 148 valence electrons. The monoisotopic (exact) mass is 421 g/mol. The van der Waals surface area contributed by atoms with Crippen LogP contribution in [0.15, 0.2) is 36.4 Å². The number of ether oxygens (including phenoxy) is 1. The molecule has 0 fully saturated rings. The van der Waals surface area contributed by atoms with Crippen LogP contribution < -0.4 is 16.0 Å². The largest absolute Gasteiger partial charge is 0.467 e. The summed E-state index contributed by atoms with van der Waals surface area (Å²) in [6.45, 7) is 1.89. The molecule has 2 aromatic carbocycles. The highest BCUT2D eigenvalue weighted by molar-refractivity contribution is 6.35. The van der Waals surface area contributed by atoms with Crippen LogP contribution in [0.1, 0.15) is 30.5 Å². The molecule has 0 aromatic heterocycles. The fraction of sp³-hybridized carbons (Fsp3) is 0.300. The molecule has 8 heteroatoms. The lowest BCUT2D eigenvalue weighted by atomic mass is 9.90. The molecule has 1 aliphatic heterocycles. The van der Waals surface area contributed by atoms with Crippen LogP contribution in [0.3, 0.4) is 0 Å². The fourth-order valence-corrected chi connectivity index (χ4v) is 4.16. The number of nitrogens with zero attached hydrogens (tertiary/aromatic N) is 1. The Bertz CT molecular complexity index is 902. The van der Waals surface area contributed by atoms with E-state index in [4.69, 9.17) is 33.7 Å². The summed E-state index contributed by atoms with van der Waals surface area (Å²) in [5, 5.41) is 3.98. The van der Waals surface area contributed by atoms with Crippen molar-refractivity contribution in [3.8, 4) is 0 Å². The van der Waals surface area contributed by atoms with Crippen molar-refractivity contribution in [2.24, 2.45) is 5.73 Å². The minimum absolute atomic E-state index is 0.173. The number of carbonyl (C=O) groups is 2. The van der Waals surface area contributed by atoms with Gasteiger partial charge in [-0.25, -0.2) is 4.79 Å². The number of nitrogens with one attached hydrogen (secondary N) is 1. The summed E-state index contributed by atoms with van der Waals surface area (Å²) in [4.78, 5) is 26.5. The van der Waals surface area contributed by atoms with E-state index >= 15 is 0 Å². The van der Waals surface area contributed by atoms with Crippen molar-refractivity contribution in [3.05, 3.63) is 57.6 Å². The molecule has 3 N–H and O–H groups in total. The van der Waals surface area contributed by atoms with Gasteiger partial charge < -0.3 is 20.7 Å². The molecular formula is C20H21Cl2N3O3. The van der Waals surface area contributed by atoms with Crippen molar-refractivity contribution in [2.45, 2.75) is 32.0 Å². The first-order valence-corrected chi connectivity index (χ1v) is 9.53. The van der Waals surface area contributed by atoms with Gasteiger partial charge in [-0.1, -0.05) is 35.3 Å². The lowest BCUT2D eigenvalue weighted by Gasteiger charge is -2.39. The Labute approximate surface area is 173 Å². The fourth-order valence-electron chi connectivity index (χ4n) is 3.54. The summed E-state index contributed by atoms with van der Waals surface area (Å²) >= 11 is 12.6. The number of methoxy groups -OCH3 is 1. The van der Waals surface area contributed by atoms with E-state index in [0.717, 1.165) is 5.56 Å². The average Bonchev–Trinajstić information content (AvgIpc) is 2.66. The van der Waals surface area contributed by atoms with Crippen molar-refractivity contribution in [1.29, 1.82) is 0 Å². The van der Waals surface area contributed by atoms with Gasteiger partial charge in [-0.2, -0.15) is 0 Å². The van der Waals surface area contributed by atoms with Gasteiger partial charge in [-0.15, -0.1) is 0 Å². The molecule has 2 aromatic rings. The van der Waals surface area contributed by atoms with Gasteiger partial charge in [0, 0.05) is 46.9 Å². The summed E-state index contributed by atoms with van der Waals surface area (Å²) in [5.41, 5.74) is 8.64. The van der Waals surface area contributed by atoms with Crippen molar-refractivity contribution in [1.82, 2.24) is 0 Å². The van der Waals surface area contributed by atoms with Gasteiger partial charge in [0.25, 0.3) is 0 Å². The number of halogens is 2. The summed E-state index contributed by atoms with van der Waals surface area (Å²) in [6.07, 6.45) is 0.305. The second-order valence-corrected chi connectivity index (χ2v) is 7.42. The van der Waals surface area contributed by atoms with E-state index in [9.17, 15) is 9.59 Å². The zero-order valence-corrected chi connectivity index (χ0v) is 17.1. The molecule has 0 saturated carbocycles. The second kappa shape index (κ2) is 8.39. The van der Waals surface area contributed by atoms with Crippen LogP contribution in [-0.4, -0.2) is 25.0 Å². The van der Waals surface area contributed by atoms with Crippen LogP contribution in [0.2, 0.25) is 10.0 Å². The molecule has 1 amide bonds. The Hall–Kier alpha value is -2.28. The Morgan fingerprint density at radius 3 is 2.50 bits per heavy atom. The highest BCUT2D eigenvalue weighted by Gasteiger charge is 2.38. The third-order valence-electron chi connectivity index (χ3n) is 4.80. The molecule has 28 heavy (non-hydrogen) atoms. The van der Waals surface area contributed by atoms with E-state index in [1.54, 1.807) is 17.0 Å². The maximum Gasteiger partial charge on any atom is 0.328 e. The first-order chi connectivity index (χ1) is 13.3. The number of hydrogen-bond donors (Lipinski definition) is 2. The number of nitrogens with two attached hydrogens (primary N) is 1. The predicted octanol–water partition coefficient (Wildman–Crippen LogP) is 3.90. The van der Waals surface area contributed by atoms with Crippen molar-refractivity contribution < 1.29 is 14.3 Å². The SMILES string of the molecule is COC(=O)[C@@H]1C[C@@H](N(C(C)=O)c2ccc(CN)cc2)c2c(Cl)cc(Cl)cc2N1. The molecule has 0 unspecified atom stereocenters. The molecule has 0 radical (unpaired) electrons. The maximum absolute atomic E-state index is 12.6. The van der Waals surface area contributed by atoms with Crippen LogP contribution in [0, 0.1) is 0 Å². The Morgan fingerprint density at radius 1 is 1.25 bits per heavy atom. The zero-order valence-electron chi connectivity index (χ0n) is 15.5. The van der Waals surface area contributed by atoms with Crippen molar-refractivity contribution >= 4 is 46.5 Å². The lowest BCUT2D eigenvalue weighted by Crippen LogP contribution is -2.43. The van der Waals surface area contributed by atoms with E-state index in [-0.39, 0.29) is 5.91 Å².